The molecule has 156 valence electrons. The third kappa shape index (κ3) is 16.9. The molecule has 2 heteroatoms. The van der Waals surface area contributed by atoms with Crippen molar-refractivity contribution >= 4 is 5.97 Å². The predicted molar refractivity (Wildman–Crippen MR) is 115 cm³/mol. The summed E-state index contributed by atoms with van der Waals surface area (Å²) >= 11 is 0. The first kappa shape index (κ1) is 25.5. The molecule has 0 spiro atoms. The molecule has 0 saturated carbocycles. The minimum atomic E-state index is 0.0103. The van der Waals surface area contributed by atoms with Crippen LogP contribution in [0.4, 0.5) is 0 Å². The molecule has 26 heavy (non-hydrogen) atoms. The molecule has 0 aromatic rings. The Labute approximate surface area is 164 Å². The van der Waals surface area contributed by atoms with Crippen LogP contribution < -0.4 is 0 Å². The van der Waals surface area contributed by atoms with E-state index in [2.05, 4.69) is 27.7 Å². The van der Waals surface area contributed by atoms with Crippen molar-refractivity contribution < 1.29 is 9.53 Å². The lowest BCUT2D eigenvalue weighted by molar-refractivity contribution is -0.148. The van der Waals surface area contributed by atoms with Gasteiger partial charge < -0.3 is 4.74 Å². The Kier molecular flexibility index (Phi) is 18.8. The Morgan fingerprint density at radius 1 is 0.654 bits per heavy atom. The van der Waals surface area contributed by atoms with E-state index < -0.39 is 0 Å². The fourth-order valence-corrected chi connectivity index (χ4v) is 3.69. The molecule has 0 rings (SSSR count). The number of carbonyl (C=O) groups is 1. The van der Waals surface area contributed by atoms with Gasteiger partial charge in [-0.25, -0.2) is 0 Å². The predicted octanol–water partition coefficient (Wildman–Crippen LogP) is 8.23. The molecule has 2 unspecified atom stereocenters. The molecule has 0 aliphatic heterocycles. The highest BCUT2D eigenvalue weighted by atomic mass is 16.5. The molecule has 2 atom stereocenters. The van der Waals surface area contributed by atoms with Crippen molar-refractivity contribution in [3.05, 3.63) is 0 Å². The van der Waals surface area contributed by atoms with Crippen LogP contribution in [0.1, 0.15) is 137 Å². The van der Waals surface area contributed by atoms with E-state index >= 15 is 0 Å². The highest BCUT2D eigenvalue weighted by Crippen LogP contribution is 2.23. The largest absolute Gasteiger partial charge is 0.463 e. The number of esters is 1. The number of hydrogen-bond donors (Lipinski definition) is 0. The third-order valence-corrected chi connectivity index (χ3v) is 5.47. The van der Waals surface area contributed by atoms with Gasteiger partial charge in [-0.15, -0.1) is 0 Å². The molecule has 0 fully saturated rings. The number of ether oxygens (including phenoxy) is 1. The van der Waals surface area contributed by atoms with Crippen molar-refractivity contribution in [1.29, 1.82) is 0 Å². The Morgan fingerprint density at radius 3 is 1.85 bits per heavy atom. The van der Waals surface area contributed by atoms with Crippen molar-refractivity contribution in [2.45, 2.75) is 143 Å². The van der Waals surface area contributed by atoms with Crippen LogP contribution in [0.2, 0.25) is 0 Å². The summed E-state index contributed by atoms with van der Waals surface area (Å²) in [6.45, 7) is 8.85. The van der Waals surface area contributed by atoms with Crippen LogP contribution in [0.5, 0.6) is 0 Å². The lowest BCUT2D eigenvalue weighted by atomic mass is 9.90. The zero-order valence-electron chi connectivity index (χ0n) is 18.5. The van der Waals surface area contributed by atoms with Crippen LogP contribution >= 0.6 is 0 Å². The zero-order valence-corrected chi connectivity index (χ0v) is 18.5. The van der Waals surface area contributed by atoms with Gasteiger partial charge in [-0.05, 0) is 32.1 Å². The van der Waals surface area contributed by atoms with E-state index in [1.54, 1.807) is 0 Å². The molecule has 0 saturated heterocycles. The summed E-state index contributed by atoms with van der Waals surface area (Å²) < 4.78 is 5.59. The van der Waals surface area contributed by atoms with Gasteiger partial charge in [0.25, 0.3) is 0 Å². The van der Waals surface area contributed by atoms with Crippen LogP contribution in [-0.2, 0) is 9.53 Å². The lowest BCUT2D eigenvalue weighted by Crippen LogP contribution is -2.15. The maximum absolute atomic E-state index is 11.9. The van der Waals surface area contributed by atoms with Crippen molar-refractivity contribution in [2.24, 2.45) is 5.92 Å². The highest BCUT2D eigenvalue weighted by Gasteiger charge is 2.12. The smallest absolute Gasteiger partial charge is 0.306 e. The molecule has 0 radical (unpaired) electrons. The molecule has 0 heterocycles. The Morgan fingerprint density at radius 2 is 1.19 bits per heavy atom. The standard InChI is InChI=1S/C24H48O2/c1-5-8-11-13-15-21-24(25)26-22(4)17-16-20-23(18-10-7-3)19-14-12-9-6-2/h22-23H,5-21H2,1-4H3. The number of hydrogen-bond acceptors (Lipinski definition) is 2. The quantitative estimate of drug-likeness (QED) is 0.169. The summed E-state index contributed by atoms with van der Waals surface area (Å²) in [7, 11) is 0. The number of rotatable bonds is 19. The maximum atomic E-state index is 11.9. The number of carbonyl (C=O) groups excluding carboxylic acids is 1. The van der Waals surface area contributed by atoms with Gasteiger partial charge in [-0.1, -0.05) is 104 Å². The fraction of sp³-hybridized carbons (Fsp3) is 0.958. The van der Waals surface area contributed by atoms with Crippen LogP contribution in [0.15, 0.2) is 0 Å². The lowest BCUT2D eigenvalue weighted by Gasteiger charge is -2.18. The third-order valence-electron chi connectivity index (χ3n) is 5.47. The highest BCUT2D eigenvalue weighted by molar-refractivity contribution is 5.69. The van der Waals surface area contributed by atoms with Crippen LogP contribution in [0.3, 0.4) is 0 Å². The molecule has 0 aliphatic rings. The van der Waals surface area contributed by atoms with E-state index in [-0.39, 0.29) is 12.1 Å². The molecule has 0 N–H and O–H groups in total. The van der Waals surface area contributed by atoms with Gasteiger partial charge >= 0.3 is 5.97 Å². The van der Waals surface area contributed by atoms with E-state index in [4.69, 9.17) is 4.74 Å². The van der Waals surface area contributed by atoms with Crippen LogP contribution in [0, 0.1) is 5.92 Å². The van der Waals surface area contributed by atoms with Gasteiger partial charge in [-0.2, -0.15) is 0 Å². The van der Waals surface area contributed by atoms with Gasteiger partial charge in [0.15, 0.2) is 0 Å². The van der Waals surface area contributed by atoms with Crippen molar-refractivity contribution in [2.75, 3.05) is 0 Å². The van der Waals surface area contributed by atoms with E-state index in [0.717, 1.165) is 25.2 Å². The summed E-state index contributed by atoms with van der Waals surface area (Å²) in [5.74, 6) is 0.893. The molecule has 0 aromatic heterocycles. The summed E-state index contributed by atoms with van der Waals surface area (Å²) in [6.07, 6.45) is 21.1. The number of unbranched alkanes of at least 4 members (excludes halogenated alkanes) is 8. The average Bonchev–Trinajstić information content (AvgIpc) is 2.62. The summed E-state index contributed by atoms with van der Waals surface area (Å²) in [5.41, 5.74) is 0. The Balaban J connectivity index is 3.83. The minimum absolute atomic E-state index is 0.0103. The van der Waals surface area contributed by atoms with Crippen LogP contribution in [-0.4, -0.2) is 12.1 Å². The van der Waals surface area contributed by atoms with Crippen molar-refractivity contribution in [3.8, 4) is 0 Å². The second-order valence-corrected chi connectivity index (χ2v) is 8.25. The first-order valence-corrected chi connectivity index (χ1v) is 11.8. The van der Waals surface area contributed by atoms with Gasteiger partial charge in [0.2, 0.25) is 0 Å². The van der Waals surface area contributed by atoms with E-state index in [0.29, 0.717) is 6.42 Å². The molecule has 0 aliphatic carbocycles. The fourth-order valence-electron chi connectivity index (χ4n) is 3.69. The average molecular weight is 369 g/mol. The molecular formula is C24H48O2. The SMILES string of the molecule is CCCCCCCC(=O)OC(C)CCCC(CCCC)CCCCCC. The maximum Gasteiger partial charge on any atom is 0.306 e. The van der Waals surface area contributed by atoms with E-state index in [1.807, 2.05) is 0 Å². The summed E-state index contributed by atoms with van der Waals surface area (Å²) in [5, 5.41) is 0. The second-order valence-electron chi connectivity index (χ2n) is 8.25. The first-order valence-electron chi connectivity index (χ1n) is 11.8. The zero-order chi connectivity index (χ0) is 19.5. The van der Waals surface area contributed by atoms with Gasteiger partial charge in [0, 0.05) is 6.42 Å². The van der Waals surface area contributed by atoms with E-state index in [9.17, 15) is 4.79 Å². The molecule has 0 amide bonds. The Hall–Kier alpha value is -0.530. The molecule has 0 bridgehead atoms. The monoisotopic (exact) mass is 368 g/mol. The minimum Gasteiger partial charge on any atom is -0.463 e. The van der Waals surface area contributed by atoms with Gasteiger partial charge in [0.05, 0.1) is 6.10 Å². The van der Waals surface area contributed by atoms with Gasteiger partial charge in [-0.3, -0.25) is 4.79 Å². The second kappa shape index (κ2) is 19.2. The van der Waals surface area contributed by atoms with Gasteiger partial charge in [0.1, 0.15) is 0 Å². The molecule has 0 aromatic carbocycles. The summed E-state index contributed by atoms with van der Waals surface area (Å²) in [6, 6.07) is 0. The van der Waals surface area contributed by atoms with Crippen molar-refractivity contribution in [1.82, 2.24) is 0 Å². The first-order chi connectivity index (χ1) is 12.6. The molecule has 2 nitrogen and oxygen atoms in total. The topological polar surface area (TPSA) is 26.3 Å². The van der Waals surface area contributed by atoms with Crippen molar-refractivity contribution in [3.63, 3.8) is 0 Å². The van der Waals surface area contributed by atoms with Crippen LogP contribution in [0.25, 0.3) is 0 Å². The van der Waals surface area contributed by atoms with E-state index in [1.165, 1.54) is 83.5 Å². The molecular weight excluding hydrogens is 320 g/mol. The normalized spacial score (nSPS) is 13.5. The Bertz CT molecular complexity index is 301. The summed E-state index contributed by atoms with van der Waals surface area (Å²) in [4.78, 5) is 11.9.